The van der Waals surface area contributed by atoms with Gasteiger partial charge < -0.3 is 14.8 Å². The molecule has 1 aliphatic rings. The minimum absolute atomic E-state index is 0.0199. The van der Waals surface area contributed by atoms with Gasteiger partial charge in [0.15, 0.2) is 5.11 Å². The molecule has 0 saturated carbocycles. The standard InChI is InChI=1S/C23H25BrN4S/c1-14(2)27-15(3)13-19(16(27)4)22-21(20-7-5-6-12-25-20)26-23(29)28(22)18-10-8-17(24)9-11-18/h5-14,21-22H,1-4H3,(H,26,29)/t21-,22+/m1/s1. The van der Waals surface area contributed by atoms with Crippen LogP contribution in [-0.2, 0) is 0 Å². The Morgan fingerprint density at radius 2 is 1.83 bits per heavy atom. The Bertz CT molecular complexity index is 1030. The van der Waals surface area contributed by atoms with Crippen LogP contribution in [0, 0.1) is 13.8 Å². The molecule has 150 valence electrons. The number of halogens is 1. The fourth-order valence-electron chi connectivity index (χ4n) is 4.45. The first-order chi connectivity index (χ1) is 13.9. The first-order valence-electron chi connectivity index (χ1n) is 9.83. The molecule has 1 aromatic carbocycles. The molecule has 6 heteroatoms. The molecular weight excluding hydrogens is 444 g/mol. The number of aryl methyl sites for hydroxylation is 1. The number of pyridine rings is 1. The molecule has 4 nitrogen and oxygen atoms in total. The van der Waals surface area contributed by atoms with E-state index in [1.54, 1.807) is 0 Å². The summed E-state index contributed by atoms with van der Waals surface area (Å²) in [7, 11) is 0. The number of nitrogens with zero attached hydrogens (tertiary/aromatic N) is 3. The largest absolute Gasteiger partial charge is 0.351 e. The van der Waals surface area contributed by atoms with Gasteiger partial charge in [-0.15, -0.1) is 0 Å². The molecule has 1 N–H and O–H groups in total. The smallest absolute Gasteiger partial charge is 0.174 e. The van der Waals surface area contributed by atoms with Crippen molar-refractivity contribution >= 4 is 38.9 Å². The number of rotatable bonds is 4. The summed E-state index contributed by atoms with van der Waals surface area (Å²) in [5.74, 6) is 0. The van der Waals surface area contributed by atoms with Gasteiger partial charge in [0.25, 0.3) is 0 Å². The molecule has 0 aliphatic carbocycles. The maximum atomic E-state index is 5.81. The van der Waals surface area contributed by atoms with E-state index in [1.807, 2.05) is 18.3 Å². The van der Waals surface area contributed by atoms with E-state index in [1.165, 1.54) is 17.0 Å². The van der Waals surface area contributed by atoms with E-state index in [-0.39, 0.29) is 12.1 Å². The number of hydrogen-bond acceptors (Lipinski definition) is 2. The zero-order valence-electron chi connectivity index (χ0n) is 17.1. The van der Waals surface area contributed by atoms with Crippen LogP contribution in [0.25, 0.3) is 0 Å². The van der Waals surface area contributed by atoms with Crippen LogP contribution in [0.5, 0.6) is 0 Å². The predicted octanol–water partition coefficient (Wildman–Crippen LogP) is 6.02. The fourth-order valence-corrected chi connectivity index (χ4v) is 5.06. The number of nitrogens with one attached hydrogen (secondary N) is 1. The molecule has 0 amide bonds. The Kier molecular flexibility index (Phi) is 5.49. The summed E-state index contributed by atoms with van der Waals surface area (Å²) in [6, 6.07) is 17.1. The summed E-state index contributed by atoms with van der Waals surface area (Å²) >= 11 is 9.35. The van der Waals surface area contributed by atoms with Crippen LogP contribution in [0.1, 0.15) is 54.6 Å². The lowest BCUT2D eigenvalue weighted by molar-refractivity contribution is 0.547. The molecule has 1 saturated heterocycles. The minimum atomic E-state index is -0.0199. The second-order valence-electron chi connectivity index (χ2n) is 7.76. The lowest BCUT2D eigenvalue weighted by atomic mass is 9.96. The van der Waals surface area contributed by atoms with Crippen molar-refractivity contribution in [3.05, 3.63) is 81.8 Å². The van der Waals surface area contributed by atoms with E-state index in [2.05, 4.69) is 99.8 Å². The molecule has 2 atom stereocenters. The Morgan fingerprint density at radius 1 is 1.10 bits per heavy atom. The van der Waals surface area contributed by atoms with Gasteiger partial charge in [0.1, 0.15) is 0 Å². The highest BCUT2D eigenvalue weighted by atomic mass is 79.9. The first kappa shape index (κ1) is 20.1. The van der Waals surface area contributed by atoms with Crippen LogP contribution in [0.2, 0.25) is 0 Å². The molecule has 2 aromatic heterocycles. The number of hydrogen-bond donors (Lipinski definition) is 1. The van der Waals surface area contributed by atoms with Crippen molar-refractivity contribution in [2.24, 2.45) is 0 Å². The Hall–Kier alpha value is -2.18. The molecule has 0 bridgehead atoms. The molecule has 3 heterocycles. The molecule has 0 radical (unpaired) electrons. The van der Waals surface area contributed by atoms with E-state index in [4.69, 9.17) is 12.2 Å². The average Bonchev–Trinajstić information content (AvgIpc) is 3.19. The van der Waals surface area contributed by atoms with Crippen molar-refractivity contribution in [2.45, 2.75) is 45.8 Å². The summed E-state index contributed by atoms with van der Waals surface area (Å²) in [6.07, 6.45) is 1.84. The van der Waals surface area contributed by atoms with Crippen LogP contribution in [0.3, 0.4) is 0 Å². The van der Waals surface area contributed by atoms with Crippen LogP contribution >= 0.6 is 28.1 Å². The third-order valence-corrected chi connectivity index (χ3v) is 6.40. The van der Waals surface area contributed by atoms with Gasteiger partial charge in [0.05, 0.1) is 17.8 Å². The fraction of sp³-hybridized carbons (Fsp3) is 0.304. The highest BCUT2D eigenvalue weighted by Crippen LogP contribution is 2.43. The number of thiocarbonyl (C=S) groups is 1. The summed E-state index contributed by atoms with van der Waals surface area (Å²) < 4.78 is 3.45. The summed E-state index contributed by atoms with van der Waals surface area (Å²) in [6.45, 7) is 8.84. The average molecular weight is 469 g/mol. The van der Waals surface area contributed by atoms with Gasteiger partial charge in [-0.05, 0) is 87.9 Å². The van der Waals surface area contributed by atoms with E-state index < -0.39 is 0 Å². The van der Waals surface area contributed by atoms with E-state index >= 15 is 0 Å². The van der Waals surface area contributed by atoms with Gasteiger partial charge in [-0.3, -0.25) is 4.98 Å². The van der Waals surface area contributed by atoms with Crippen molar-refractivity contribution in [3.63, 3.8) is 0 Å². The lowest BCUT2D eigenvalue weighted by Gasteiger charge is -2.28. The number of aromatic nitrogens is 2. The van der Waals surface area contributed by atoms with Crippen LogP contribution in [0.4, 0.5) is 5.69 Å². The van der Waals surface area contributed by atoms with Crippen LogP contribution in [0.15, 0.2) is 59.2 Å². The van der Waals surface area contributed by atoms with Crippen molar-refractivity contribution in [1.29, 1.82) is 0 Å². The summed E-state index contributed by atoms with van der Waals surface area (Å²) in [4.78, 5) is 6.87. The predicted molar refractivity (Wildman–Crippen MR) is 126 cm³/mol. The molecule has 0 unspecified atom stereocenters. The SMILES string of the molecule is Cc1cc([C@H]2[C@@H](c3ccccn3)NC(=S)N2c2ccc(Br)cc2)c(C)n1C(C)C. The van der Waals surface area contributed by atoms with Gasteiger partial charge >= 0.3 is 0 Å². The third-order valence-electron chi connectivity index (χ3n) is 5.56. The molecule has 1 aliphatic heterocycles. The van der Waals surface area contributed by atoms with E-state index in [0.717, 1.165) is 21.0 Å². The highest BCUT2D eigenvalue weighted by Gasteiger charge is 2.42. The summed E-state index contributed by atoms with van der Waals surface area (Å²) in [5.41, 5.74) is 5.89. The molecule has 3 aromatic rings. The quantitative estimate of drug-likeness (QED) is 0.474. The van der Waals surface area contributed by atoms with E-state index in [9.17, 15) is 0 Å². The van der Waals surface area contributed by atoms with Crippen molar-refractivity contribution in [3.8, 4) is 0 Å². The Morgan fingerprint density at radius 3 is 2.41 bits per heavy atom. The first-order valence-corrected chi connectivity index (χ1v) is 11.0. The van der Waals surface area contributed by atoms with Crippen molar-refractivity contribution < 1.29 is 0 Å². The maximum Gasteiger partial charge on any atom is 0.174 e. The number of anilines is 1. The number of benzene rings is 1. The van der Waals surface area contributed by atoms with Crippen LogP contribution < -0.4 is 10.2 Å². The second kappa shape index (κ2) is 7.92. The normalized spacial score (nSPS) is 19.1. The van der Waals surface area contributed by atoms with Crippen LogP contribution in [-0.4, -0.2) is 14.7 Å². The third kappa shape index (κ3) is 3.60. The molecule has 0 spiro atoms. The zero-order chi connectivity index (χ0) is 20.7. The Labute approximate surface area is 186 Å². The maximum absolute atomic E-state index is 5.81. The molecule has 1 fully saturated rings. The van der Waals surface area contributed by atoms with Gasteiger partial charge in [0, 0.05) is 33.8 Å². The molecular formula is C23H25BrN4S. The minimum Gasteiger partial charge on any atom is -0.351 e. The zero-order valence-corrected chi connectivity index (χ0v) is 19.5. The van der Waals surface area contributed by atoms with Crippen molar-refractivity contribution in [1.82, 2.24) is 14.9 Å². The Balaban J connectivity index is 1.88. The van der Waals surface area contributed by atoms with E-state index in [0.29, 0.717) is 6.04 Å². The van der Waals surface area contributed by atoms with Gasteiger partial charge in [-0.2, -0.15) is 0 Å². The second-order valence-corrected chi connectivity index (χ2v) is 9.07. The summed E-state index contributed by atoms with van der Waals surface area (Å²) in [5, 5.41) is 4.27. The lowest BCUT2D eigenvalue weighted by Crippen LogP contribution is -2.29. The molecule has 29 heavy (non-hydrogen) atoms. The monoisotopic (exact) mass is 468 g/mol. The van der Waals surface area contributed by atoms with Gasteiger partial charge in [-0.25, -0.2) is 0 Å². The highest BCUT2D eigenvalue weighted by molar-refractivity contribution is 9.10. The topological polar surface area (TPSA) is 33.1 Å². The van der Waals surface area contributed by atoms with Gasteiger partial charge in [-0.1, -0.05) is 22.0 Å². The van der Waals surface area contributed by atoms with Gasteiger partial charge in [0.2, 0.25) is 0 Å². The van der Waals surface area contributed by atoms with Crippen molar-refractivity contribution in [2.75, 3.05) is 4.90 Å². The molecule has 4 rings (SSSR count).